The van der Waals surface area contributed by atoms with Crippen LogP contribution in [-0.4, -0.2) is 38.3 Å². The van der Waals surface area contributed by atoms with Crippen molar-refractivity contribution >= 4 is 11.6 Å². The van der Waals surface area contributed by atoms with Crippen molar-refractivity contribution in [1.82, 2.24) is 5.32 Å². The zero-order chi connectivity index (χ0) is 13.8. The average Bonchev–Trinajstić information content (AvgIpc) is 3.00. The Morgan fingerprint density at radius 3 is 3.15 bits per heavy atom. The van der Waals surface area contributed by atoms with E-state index in [1.807, 2.05) is 24.3 Å². The minimum absolute atomic E-state index is 0.0501. The predicted octanol–water partition coefficient (Wildman–Crippen LogP) is 1.40. The maximum atomic E-state index is 12.1. The van der Waals surface area contributed by atoms with E-state index in [0.29, 0.717) is 19.0 Å². The van der Waals surface area contributed by atoms with Gasteiger partial charge in [0.2, 0.25) is 0 Å². The van der Waals surface area contributed by atoms with Gasteiger partial charge in [-0.25, -0.2) is 0 Å². The summed E-state index contributed by atoms with van der Waals surface area (Å²) in [5.74, 6) is 1.27. The third-order valence-electron chi connectivity index (χ3n) is 3.80. The van der Waals surface area contributed by atoms with Crippen LogP contribution in [0.1, 0.15) is 12.8 Å². The summed E-state index contributed by atoms with van der Waals surface area (Å²) in [6, 6.07) is 7.67. The molecule has 2 heterocycles. The number of nitrogens with one attached hydrogen (secondary N) is 2. The smallest absolute Gasteiger partial charge is 0.262 e. The molecule has 1 aromatic rings. The van der Waals surface area contributed by atoms with E-state index in [-0.39, 0.29) is 5.91 Å². The van der Waals surface area contributed by atoms with Gasteiger partial charge in [0.1, 0.15) is 5.75 Å². The molecular formula is C15H20N2O3. The Morgan fingerprint density at radius 2 is 2.30 bits per heavy atom. The quantitative estimate of drug-likeness (QED) is 0.873. The summed E-state index contributed by atoms with van der Waals surface area (Å²) in [5.41, 5.74) is 0.944. The van der Waals surface area contributed by atoms with Crippen LogP contribution in [0, 0.1) is 5.92 Å². The van der Waals surface area contributed by atoms with Gasteiger partial charge < -0.3 is 20.1 Å². The van der Waals surface area contributed by atoms with E-state index in [0.717, 1.165) is 37.5 Å². The summed E-state index contributed by atoms with van der Waals surface area (Å²) in [7, 11) is 0. The van der Waals surface area contributed by atoms with Crippen LogP contribution in [0.25, 0.3) is 0 Å². The van der Waals surface area contributed by atoms with E-state index in [2.05, 4.69) is 10.6 Å². The summed E-state index contributed by atoms with van der Waals surface area (Å²) in [4.78, 5) is 12.1. The zero-order valence-corrected chi connectivity index (χ0v) is 11.4. The Bertz CT molecular complexity index is 472. The van der Waals surface area contributed by atoms with Gasteiger partial charge in [0.25, 0.3) is 5.91 Å². The Labute approximate surface area is 118 Å². The normalized spacial score (nSPS) is 24.4. The van der Waals surface area contributed by atoms with Gasteiger partial charge in [0, 0.05) is 19.8 Å². The highest BCUT2D eigenvalue weighted by Crippen LogP contribution is 2.28. The highest BCUT2D eigenvalue weighted by molar-refractivity contribution is 5.83. The van der Waals surface area contributed by atoms with E-state index in [1.54, 1.807) is 0 Å². The number of hydrogen-bond donors (Lipinski definition) is 2. The number of carbonyl (C=O) groups excluding carboxylic acids is 1. The predicted molar refractivity (Wildman–Crippen MR) is 75.9 cm³/mol. The number of ether oxygens (including phenoxy) is 2. The van der Waals surface area contributed by atoms with Crippen molar-refractivity contribution in [2.75, 3.05) is 31.6 Å². The van der Waals surface area contributed by atoms with Gasteiger partial charge in [-0.3, -0.25) is 4.79 Å². The Hall–Kier alpha value is -1.75. The third kappa shape index (κ3) is 3.04. The molecule has 108 valence electrons. The second-order valence-corrected chi connectivity index (χ2v) is 5.29. The van der Waals surface area contributed by atoms with Crippen LogP contribution in [0.2, 0.25) is 0 Å². The zero-order valence-electron chi connectivity index (χ0n) is 11.4. The first-order valence-corrected chi connectivity index (χ1v) is 7.18. The van der Waals surface area contributed by atoms with Gasteiger partial charge in [-0.15, -0.1) is 0 Å². The molecule has 1 aromatic carbocycles. The molecule has 3 rings (SSSR count). The molecule has 2 N–H and O–H groups in total. The van der Waals surface area contributed by atoms with Gasteiger partial charge in [-0.1, -0.05) is 12.1 Å². The topological polar surface area (TPSA) is 59.6 Å². The van der Waals surface area contributed by atoms with E-state index in [4.69, 9.17) is 9.47 Å². The van der Waals surface area contributed by atoms with Crippen LogP contribution in [-0.2, 0) is 9.53 Å². The molecule has 2 aliphatic rings. The number of amides is 1. The van der Waals surface area contributed by atoms with Crippen molar-refractivity contribution in [2.45, 2.75) is 18.9 Å². The Kier molecular flexibility index (Phi) is 4.06. The van der Waals surface area contributed by atoms with Gasteiger partial charge in [-0.05, 0) is 30.9 Å². The van der Waals surface area contributed by atoms with E-state index in [9.17, 15) is 4.79 Å². The van der Waals surface area contributed by atoms with Crippen molar-refractivity contribution in [3.63, 3.8) is 0 Å². The number of para-hydroxylation sites is 2. The first-order chi connectivity index (χ1) is 9.83. The Morgan fingerprint density at radius 1 is 1.40 bits per heavy atom. The fraction of sp³-hybridized carbons (Fsp3) is 0.533. The van der Waals surface area contributed by atoms with Gasteiger partial charge in [0.15, 0.2) is 6.10 Å². The summed E-state index contributed by atoms with van der Waals surface area (Å²) in [6.07, 6.45) is 1.62. The lowest BCUT2D eigenvalue weighted by molar-refractivity contribution is -0.127. The van der Waals surface area contributed by atoms with E-state index >= 15 is 0 Å². The lowest BCUT2D eigenvalue weighted by Gasteiger charge is -2.26. The molecule has 1 amide bonds. The maximum Gasteiger partial charge on any atom is 0.262 e. The van der Waals surface area contributed by atoms with Crippen molar-refractivity contribution in [1.29, 1.82) is 0 Å². The number of fused-ring (bicyclic) bond motifs is 1. The molecule has 0 saturated carbocycles. The monoisotopic (exact) mass is 276 g/mol. The number of rotatable bonds is 4. The first kappa shape index (κ1) is 13.2. The molecule has 20 heavy (non-hydrogen) atoms. The minimum atomic E-state index is -0.454. The molecule has 2 aliphatic heterocycles. The fourth-order valence-electron chi connectivity index (χ4n) is 2.58. The summed E-state index contributed by atoms with van der Waals surface area (Å²) >= 11 is 0. The molecule has 5 heteroatoms. The van der Waals surface area contributed by atoms with Crippen LogP contribution in [0.5, 0.6) is 5.75 Å². The van der Waals surface area contributed by atoms with Crippen LogP contribution in [0.15, 0.2) is 24.3 Å². The molecule has 0 bridgehead atoms. The summed E-state index contributed by atoms with van der Waals surface area (Å²) in [6.45, 7) is 2.87. The van der Waals surface area contributed by atoms with Crippen molar-refractivity contribution in [3.05, 3.63) is 24.3 Å². The summed E-state index contributed by atoms with van der Waals surface area (Å²) in [5, 5.41) is 6.17. The molecule has 2 atom stereocenters. The lowest BCUT2D eigenvalue weighted by atomic mass is 10.1. The second kappa shape index (κ2) is 6.13. The number of hydrogen-bond acceptors (Lipinski definition) is 4. The SMILES string of the molecule is O=C(NCCC1CCOC1)C1CNc2ccccc2O1. The fourth-order valence-corrected chi connectivity index (χ4v) is 2.58. The molecule has 0 aromatic heterocycles. The van der Waals surface area contributed by atoms with Gasteiger partial charge in [0.05, 0.1) is 12.2 Å². The van der Waals surface area contributed by atoms with Gasteiger partial charge >= 0.3 is 0 Å². The lowest BCUT2D eigenvalue weighted by Crippen LogP contribution is -2.45. The van der Waals surface area contributed by atoms with Crippen molar-refractivity contribution in [2.24, 2.45) is 5.92 Å². The molecular weight excluding hydrogens is 256 g/mol. The van der Waals surface area contributed by atoms with Crippen LogP contribution in [0.3, 0.4) is 0 Å². The van der Waals surface area contributed by atoms with E-state index < -0.39 is 6.10 Å². The third-order valence-corrected chi connectivity index (χ3v) is 3.80. The Balaban J connectivity index is 1.46. The average molecular weight is 276 g/mol. The molecule has 1 fully saturated rings. The molecule has 5 nitrogen and oxygen atoms in total. The summed E-state index contributed by atoms with van der Waals surface area (Å²) < 4.78 is 11.0. The van der Waals surface area contributed by atoms with Crippen LogP contribution in [0.4, 0.5) is 5.69 Å². The van der Waals surface area contributed by atoms with Crippen LogP contribution < -0.4 is 15.4 Å². The largest absolute Gasteiger partial charge is 0.477 e. The first-order valence-electron chi connectivity index (χ1n) is 7.18. The van der Waals surface area contributed by atoms with Crippen molar-refractivity contribution in [3.8, 4) is 5.75 Å². The number of carbonyl (C=O) groups is 1. The molecule has 2 unspecified atom stereocenters. The van der Waals surface area contributed by atoms with Gasteiger partial charge in [-0.2, -0.15) is 0 Å². The number of anilines is 1. The minimum Gasteiger partial charge on any atom is -0.477 e. The standard InChI is InChI=1S/C15H20N2O3/c18-15(16-7-5-11-6-8-19-10-11)14-9-17-12-3-1-2-4-13(12)20-14/h1-4,11,14,17H,5-10H2,(H,16,18). The number of benzene rings is 1. The highest BCUT2D eigenvalue weighted by Gasteiger charge is 2.25. The van der Waals surface area contributed by atoms with E-state index in [1.165, 1.54) is 0 Å². The molecule has 0 spiro atoms. The van der Waals surface area contributed by atoms with Crippen molar-refractivity contribution < 1.29 is 14.3 Å². The molecule has 0 aliphatic carbocycles. The highest BCUT2D eigenvalue weighted by atomic mass is 16.5. The molecule has 1 saturated heterocycles. The molecule has 0 radical (unpaired) electrons. The van der Waals surface area contributed by atoms with Crippen LogP contribution >= 0.6 is 0 Å². The second-order valence-electron chi connectivity index (χ2n) is 5.29. The maximum absolute atomic E-state index is 12.1.